The van der Waals surface area contributed by atoms with Gasteiger partial charge in [0, 0.05) is 5.56 Å². The second-order valence-electron chi connectivity index (χ2n) is 3.66. The van der Waals surface area contributed by atoms with Gasteiger partial charge >= 0.3 is 0 Å². The lowest BCUT2D eigenvalue weighted by molar-refractivity contribution is 0.399. The highest BCUT2D eigenvalue weighted by atomic mass is 16.5. The third kappa shape index (κ3) is 1.79. The first kappa shape index (κ1) is 9.94. The van der Waals surface area contributed by atoms with E-state index in [-0.39, 0.29) is 6.04 Å². The molecule has 0 amide bonds. The maximum Gasteiger partial charge on any atom is 0.235 e. The van der Waals surface area contributed by atoms with E-state index in [1.807, 2.05) is 12.1 Å². The Balaban J connectivity index is 2.51. The molecule has 0 radical (unpaired) electrons. The number of hydrogen-bond acceptors (Lipinski definition) is 3. The van der Waals surface area contributed by atoms with Crippen LogP contribution in [0.15, 0.2) is 23.2 Å². The van der Waals surface area contributed by atoms with Gasteiger partial charge in [0.15, 0.2) is 0 Å². The zero-order chi connectivity index (χ0) is 10.7. The molecule has 0 aliphatic heterocycles. The molecule has 0 fully saturated rings. The Morgan fingerprint density at radius 1 is 1.53 bits per heavy atom. The zero-order valence-corrected chi connectivity index (χ0v) is 8.69. The molecule has 1 aliphatic rings. The summed E-state index contributed by atoms with van der Waals surface area (Å²) in [6, 6.07) is 5.90. The second kappa shape index (κ2) is 4.28. The van der Waals surface area contributed by atoms with E-state index in [1.54, 1.807) is 13.2 Å². The lowest BCUT2D eigenvalue weighted by Gasteiger charge is -2.23. The van der Waals surface area contributed by atoms with Crippen LogP contribution in [0.1, 0.15) is 30.0 Å². The standard InChI is InChI=1S/C12H13NO2/c1-15-11-7-3-5-9-4-2-6-10(12(9)11)13-8-14/h3,5,7,10H,2,4,6H2,1H3. The lowest BCUT2D eigenvalue weighted by Crippen LogP contribution is -2.09. The topological polar surface area (TPSA) is 38.7 Å². The summed E-state index contributed by atoms with van der Waals surface area (Å²) in [6.07, 6.45) is 4.66. The molecule has 1 aromatic carbocycles. The molecule has 1 aliphatic carbocycles. The smallest absolute Gasteiger partial charge is 0.235 e. The molecule has 0 N–H and O–H groups in total. The number of aryl methyl sites for hydroxylation is 1. The summed E-state index contributed by atoms with van der Waals surface area (Å²) in [5.74, 6) is 0.830. The molecular weight excluding hydrogens is 190 g/mol. The number of fused-ring (bicyclic) bond motifs is 1. The van der Waals surface area contributed by atoms with E-state index >= 15 is 0 Å². The fourth-order valence-corrected chi connectivity index (χ4v) is 2.19. The fraction of sp³-hybridized carbons (Fsp3) is 0.417. The quantitative estimate of drug-likeness (QED) is 0.547. The first-order valence-corrected chi connectivity index (χ1v) is 5.09. The molecule has 1 atom stereocenters. The fourth-order valence-electron chi connectivity index (χ4n) is 2.19. The number of ether oxygens (including phenoxy) is 1. The lowest BCUT2D eigenvalue weighted by atomic mass is 9.87. The molecule has 0 saturated heterocycles. The van der Waals surface area contributed by atoms with Crippen molar-refractivity contribution in [3.8, 4) is 5.75 Å². The second-order valence-corrected chi connectivity index (χ2v) is 3.66. The minimum Gasteiger partial charge on any atom is -0.496 e. The number of nitrogens with zero attached hydrogens (tertiary/aromatic N) is 1. The van der Waals surface area contributed by atoms with Gasteiger partial charge < -0.3 is 4.74 Å². The van der Waals surface area contributed by atoms with E-state index in [9.17, 15) is 4.79 Å². The summed E-state index contributed by atoms with van der Waals surface area (Å²) in [5.41, 5.74) is 2.30. The van der Waals surface area contributed by atoms with Crippen molar-refractivity contribution >= 4 is 6.08 Å². The predicted molar refractivity (Wildman–Crippen MR) is 56.8 cm³/mol. The van der Waals surface area contributed by atoms with Gasteiger partial charge in [0.25, 0.3) is 0 Å². The van der Waals surface area contributed by atoms with E-state index in [1.165, 1.54) is 5.56 Å². The van der Waals surface area contributed by atoms with Gasteiger partial charge in [0.05, 0.1) is 13.2 Å². The van der Waals surface area contributed by atoms with E-state index in [0.717, 1.165) is 30.6 Å². The number of rotatable bonds is 2. The van der Waals surface area contributed by atoms with Gasteiger partial charge in [-0.1, -0.05) is 12.1 Å². The highest BCUT2D eigenvalue weighted by Gasteiger charge is 2.23. The monoisotopic (exact) mass is 203 g/mol. The summed E-state index contributed by atoms with van der Waals surface area (Å²) in [5, 5.41) is 0. The summed E-state index contributed by atoms with van der Waals surface area (Å²) < 4.78 is 5.30. The van der Waals surface area contributed by atoms with Crippen LogP contribution in [0.5, 0.6) is 5.75 Å². The SMILES string of the molecule is COc1cccc2c1C(N=C=O)CCC2. The van der Waals surface area contributed by atoms with E-state index < -0.39 is 0 Å². The maximum atomic E-state index is 10.4. The molecule has 0 bridgehead atoms. The summed E-state index contributed by atoms with van der Waals surface area (Å²) in [4.78, 5) is 14.2. The Kier molecular flexibility index (Phi) is 2.84. The Morgan fingerprint density at radius 2 is 2.40 bits per heavy atom. The minimum atomic E-state index is -0.0672. The maximum absolute atomic E-state index is 10.4. The molecule has 78 valence electrons. The minimum absolute atomic E-state index is 0.0672. The molecular formula is C12H13NO2. The summed E-state index contributed by atoms with van der Waals surface area (Å²) in [6.45, 7) is 0. The van der Waals surface area contributed by atoms with Crippen LogP contribution in [0.3, 0.4) is 0 Å². The molecule has 0 aromatic heterocycles. The van der Waals surface area contributed by atoms with E-state index in [0.29, 0.717) is 0 Å². The van der Waals surface area contributed by atoms with Crippen molar-refractivity contribution in [2.45, 2.75) is 25.3 Å². The number of benzene rings is 1. The largest absolute Gasteiger partial charge is 0.496 e. The van der Waals surface area contributed by atoms with Crippen LogP contribution in [-0.4, -0.2) is 13.2 Å². The molecule has 0 saturated carbocycles. The number of aliphatic imine (C=N–C) groups is 1. The molecule has 2 rings (SSSR count). The average Bonchev–Trinajstić information content (AvgIpc) is 2.29. The van der Waals surface area contributed by atoms with Crippen molar-refractivity contribution in [3.63, 3.8) is 0 Å². The van der Waals surface area contributed by atoms with Crippen LogP contribution in [0.2, 0.25) is 0 Å². The van der Waals surface area contributed by atoms with Crippen molar-refractivity contribution in [3.05, 3.63) is 29.3 Å². The van der Waals surface area contributed by atoms with Crippen LogP contribution in [0.4, 0.5) is 0 Å². The summed E-state index contributed by atoms with van der Waals surface area (Å²) >= 11 is 0. The molecule has 15 heavy (non-hydrogen) atoms. The molecule has 1 aromatic rings. The van der Waals surface area contributed by atoms with Crippen molar-refractivity contribution in [2.75, 3.05) is 7.11 Å². The Bertz CT molecular complexity index is 394. The van der Waals surface area contributed by atoms with Gasteiger partial charge in [-0.25, -0.2) is 4.79 Å². The normalized spacial score (nSPS) is 18.9. The molecule has 3 heteroatoms. The van der Waals surface area contributed by atoms with Gasteiger partial charge in [0.2, 0.25) is 6.08 Å². The molecule has 0 spiro atoms. The highest BCUT2D eigenvalue weighted by Crippen LogP contribution is 2.38. The number of carbonyl (C=O) groups excluding carboxylic acids is 1. The van der Waals surface area contributed by atoms with Gasteiger partial charge in [-0.3, -0.25) is 0 Å². The summed E-state index contributed by atoms with van der Waals surface area (Å²) in [7, 11) is 1.64. The van der Waals surface area contributed by atoms with Gasteiger partial charge in [-0.15, -0.1) is 0 Å². The van der Waals surface area contributed by atoms with Crippen LogP contribution in [0, 0.1) is 0 Å². The van der Waals surface area contributed by atoms with Crippen LogP contribution in [-0.2, 0) is 11.2 Å². The molecule has 3 nitrogen and oxygen atoms in total. The predicted octanol–water partition coefficient (Wildman–Crippen LogP) is 2.41. The third-order valence-corrected chi connectivity index (χ3v) is 2.84. The van der Waals surface area contributed by atoms with Crippen molar-refractivity contribution in [2.24, 2.45) is 4.99 Å². The van der Waals surface area contributed by atoms with Crippen molar-refractivity contribution < 1.29 is 9.53 Å². The van der Waals surface area contributed by atoms with Crippen molar-refractivity contribution in [1.82, 2.24) is 0 Å². The van der Waals surface area contributed by atoms with E-state index in [4.69, 9.17) is 4.74 Å². The van der Waals surface area contributed by atoms with Crippen LogP contribution >= 0.6 is 0 Å². The number of isocyanates is 1. The van der Waals surface area contributed by atoms with Gasteiger partial charge in [-0.05, 0) is 30.9 Å². The Labute approximate surface area is 88.8 Å². The van der Waals surface area contributed by atoms with Gasteiger partial charge in [-0.2, -0.15) is 4.99 Å². The third-order valence-electron chi connectivity index (χ3n) is 2.84. The van der Waals surface area contributed by atoms with Crippen molar-refractivity contribution in [1.29, 1.82) is 0 Å². The first-order chi connectivity index (χ1) is 7.36. The zero-order valence-electron chi connectivity index (χ0n) is 8.69. The highest BCUT2D eigenvalue weighted by molar-refractivity contribution is 5.46. The van der Waals surface area contributed by atoms with Crippen LogP contribution < -0.4 is 4.74 Å². The van der Waals surface area contributed by atoms with Crippen LogP contribution in [0.25, 0.3) is 0 Å². The molecule has 1 unspecified atom stereocenters. The molecule has 0 heterocycles. The Hall–Kier alpha value is -1.60. The van der Waals surface area contributed by atoms with Gasteiger partial charge in [0.1, 0.15) is 5.75 Å². The number of hydrogen-bond donors (Lipinski definition) is 0. The van der Waals surface area contributed by atoms with E-state index in [2.05, 4.69) is 11.1 Å². The average molecular weight is 203 g/mol. The Morgan fingerprint density at radius 3 is 3.13 bits per heavy atom. The first-order valence-electron chi connectivity index (χ1n) is 5.09. The number of methoxy groups -OCH3 is 1.